The molecule has 0 aliphatic rings. The van der Waals surface area contributed by atoms with Crippen LogP contribution in [0.2, 0.25) is 0 Å². The van der Waals surface area contributed by atoms with Gasteiger partial charge >= 0.3 is 0 Å². The Labute approximate surface area is 191 Å². The summed E-state index contributed by atoms with van der Waals surface area (Å²) in [6, 6.07) is 3.64. The third kappa shape index (κ3) is 9.39. The summed E-state index contributed by atoms with van der Waals surface area (Å²) in [6.45, 7) is 24.9. The van der Waals surface area contributed by atoms with Crippen molar-refractivity contribution in [3.63, 3.8) is 0 Å². The first-order valence-corrected chi connectivity index (χ1v) is 10.3. The van der Waals surface area contributed by atoms with Gasteiger partial charge in [-0.1, -0.05) is 66.5 Å². The van der Waals surface area contributed by atoms with Crippen LogP contribution in [0.1, 0.15) is 63.4 Å². The first kappa shape index (κ1) is 28.3. The van der Waals surface area contributed by atoms with Crippen molar-refractivity contribution in [3.8, 4) is 6.07 Å². The lowest BCUT2D eigenvalue weighted by molar-refractivity contribution is 0.102. The zero-order valence-corrected chi connectivity index (χ0v) is 20.3. The summed E-state index contributed by atoms with van der Waals surface area (Å²) in [6.07, 6.45) is 4.63. The van der Waals surface area contributed by atoms with Gasteiger partial charge in [-0.05, 0) is 19.3 Å². The predicted octanol–water partition coefficient (Wildman–Crippen LogP) is 5.44. The SMILES string of the molecule is C=C(C)n1nc(C)cc1NC(=O)c1cnc(C#N)nc1NCC(C)(C)C.C=CC=C.CC. The van der Waals surface area contributed by atoms with Crippen LogP contribution in [0.15, 0.2) is 44.2 Å². The van der Waals surface area contributed by atoms with Gasteiger partial charge in [-0.25, -0.2) is 14.6 Å². The van der Waals surface area contributed by atoms with Crippen molar-refractivity contribution < 1.29 is 4.79 Å². The van der Waals surface area contributed by atoms with Crippen molar-refractivity contribution in [2.24, 2.45) is 5.41 Å². The molecule has 2 N–H and O–H groups in total. The average molecular weight is 438 g/mol. The number of nitrogens with one attached hydrogen (secondary N) is 2. The summed E-state index contributed by atoms with van der Waals surface area (Å²) in [5.41, 5.74) is 1.66. The van der Waals surface area contributed by atoms with E-state index < -0.39 is 5.91 Å². The average Bonchev–Trinajstić information content (AvgIpc) is 3.13. The minimum atomic E-state index is -0.395. The standard InChI is InChI=1S/C18H23N7O.C4H6.C2H6/c1-11(2)25-15(7-12(3)24-25)23-17(26)13-9-20-14(8-19)22-16(13)21-10-18(4,5)6;1-3-4-2;1-2/h7,9H,1,10H2,2-6H3,(H,23,26)(H,20,21,22);3-4H,1-2H2;1-2H3. The lowest BCUT2D eigenvalue weighted by Crippen LogP contribution is -2.23. The van der Waals surface area contributed by atoms with Crippen LogP contribution in [0.4, 0.5) is 11.6 Å². The Hall–Kier alpha value is -3.73. The molecule has 2 aromatic heterocycles. The summed E-state index contributed by atoms with van der Waals surface area (Å²) in [4.78, 5) is 20.8. The number of carbonyl (C=O) groups excluding carboxylic acids is 1. The van der Waals surface area contributed by atoms with Gasteiger partial charge in [0.15, 0.2) is 0 Å². The first-order chi connectivity index (χ1) is 15.0. The molecule has 0 saturated heterocycles. The van der Waals surface area contributed by atoms with Gasteiger partial charge in [0.05, 0.1) is 5.69 Å². The largest absolute Gasteiger partial charge is 0.369 e. The van der Waals surface area contributed by atoms with E-state index >= 15 is 0 Å². The third-order valence-electron chi connectivity index (χ3n) is 3.52. The normalized spacial score (nSPS) is 9.69. The van der Waals surface area contributed by atoms with Crippen LogP contribution in [0, 0.1) is 23.7 Å². The Morgan fingerprint density at radius 3 is 2.34 bits per heavy atom. The lowest BCUT2D eigenvalue weighted by atomic mass is 9.97. The topological polar surface area (TPSA) is 109 Å². The Morgan fingerprint density at radius 1 is 1.28 bits per heavy atom. The molecular weight excluding hydrogens is 402 g/mol. The molecule has 1 amide bonds. The van der Waals surface area contributed by atoms with E-state index in [4.69, 9.17) is 5.26 Å². The number of amides is 1. The molecule has 2 aromatic rings. The fourth-order valence-electron chi connectivity index (χ4n) is 2.15. The van der Waals surface area contributed by atoms with Gasteiger partial charge in [-0.3, -0.25) is 4.79 Å². The molecule has 32 heavy (non-hydrogen) atoms. The number of anilines is 2. The monoisotopic (exact) mass is 437 g/mol. The molecule has 8 nitrogen and oxygen atoms in total. The van der Waals surface area contributed by atoms with Crippen LogP contribution in [-0.4, -0.2) is 32.2 Å². The van der Waals surface area contributed by atoms with Gasteiger partial charge in [0.2, 0.25) is 5.82 Å². The highest BCUT2D eigenvalue weighted by Crippen LogP contribution is 2.20. The Bertz CT molecular complexity index is 969. The van der Waals surface area contributed by atoms with Crippen molar-refractivity contribution in [2.75, 3.05) is 17.2 Å². The summed E-state index contributed by atoms with van der Waals surface area (Å²) < 4.78 is 1.56. The van der Waals surface area contributed by atoms with Gasteiger partial charge in [-0.2, -0.15) is 10.4 Å². The van der Waals surface area contributed by atoms with Gasteiger partial charge in [0, 0.05) is 24.5 Å². The number of hydrogen-bond donors (Lipinski definition) is 2. The maximum atomic E-state index is 12.8. The minimum absolute atomic E-state index is 0.000724. The number of hydrogen-bond acceptors (Lipinski definition) is 6. The number of aryl methyl sites for hydroxylation is 1. The van der Waals surface area contributed by atoms with Crippen molar-refractivity contribution in [2.45, 2.75) is 48.5 Å². The number of carbonyl (C=O) groups is 1. The molecule has 0 atom stereocenters. The first-order valence-electron chi connectivity index (χ1n) is 10.3. The molecule has 0 radical (unpaired) electrons. The van der Waals surface area contributed by atoms with Crippen LogP contribution in [0.5, 0.6) is 0 Å². The van der Waals surface area contributed by atoms with Gasteiger partial charge in [0.1, 0.15) is 23.3 Å². The highest BCUT2D eigenvalue weighted by atomic mass is 16.1. The lowest BCUT2D eigenvalue weighted by Gasteiger charge is -2.20. The number of allylic oxidation sites excluding steroid dienone is 3. The summed E-state index contributed by atoms with van der Waals surface area (Å²) in [5.74, 6) is 0.433. The Balaban J connectivity index is 0.00000144. The molecule has 2 heterocycles. The zero-order chi connectivity index (χ0) is 24.9. The molecule has 8 heteroatoms. The van der Waals surface area contributed by atoms with Gasteiger partial charge < -0.3 is 10.6 Å². The Kier molecular flexibility index (Phi) is 12.0. The van der Waals surface area contributed by atoms with E-state index in [1.165, 1.54) is 6.20 Å². The van der Waals surface area contributed by atoms with Crippen LogP contribution >= 0.6 is 0 Å². The van der Waals surface area contributed by atoms with E-state index in [0.29, 0.717) is 23.9 Å². The number of nitrogens with zero attached hydrogens (tertiary/aromatic N) is 5. The van der Waals surface area contributed by atoms with E-state index in [-0.39, 0.29) is 16.8 Å². The second-order valence-electron chi connectivity index (χ2n) is 7.73. The maximum Gasteiger partial charge on any atom is 0.262 e. The smallest absolute Gasteiger partial charge is 0.262 e. The quantitative estimate of drug-likeness (QED) is 0.583. The molecule has 0 aromatic carbocycles. The molecule has 0 bridgehead atoms. The third-order valence-corrected chi connectivity index (χ3v) is 3.52. The van der Waals surface area contributed by atoms with Gasteiger partial charge in [0.25, 0.3) is 5.91 Å². The highest BCUT2D eigenvalue weighted by molar-refractivity contribution is 6.07. The predicted molar refractivity (Wildman–Crippen MR) is 132 cm³/mol. The van der Waals surface area contributed by atoms with E-state index in [9.17, 15) is 4.79 Å². The van der Waals surface area contributed by atoms with Crippen molar-refractivity contribution in [1.82, 2.24) is 19.7 Å². The fraction of sp³-hybridized carbons (Fsp3) is 0.375. The van der Waals surface area contributed by atoms with E-state index in [1.54, 1.807) is 29.8 Å². The maximum absolute atomic E-state index is 12.8. The van der Waals surface area contributed by atoms with Crippen molar-refractivity contribution >= 4 is 23.2 Å². The molecule has 172 valence electrons. The number of nitriles is 1. The van der Waals surface area contributed by atoms with Crippen molar-refractivity contribution in [1.29, 1.82) is 5.26 Å². The van der Waals surface area contributed by atoms with Crippen LogP contribution < -0.4 is 10.6 Å². The van der Waals surface area contributed by atoms with Crippen molar-refractivity contribution in [3.05, 3.63) is 61.2 Å². The minimum Gasteiger partial charge on any atom is -0.369 e. The molecular formula is C24H35N7O. The second kappa shape index (κ2) is 13.5. The van der Waals surface area contributed by atoms with Crippen LogP contribution in [0.3, 0.4) is 0 Å². The zero-order valence-electron chi connectivity index (χ0n) is 20.3. The molecule has 2 rings (SSSR count). The van der Waals surface area contributed by atoms with E-state index in [1.807, 2.05) is 26.8 Å². The molecule has 0 spiro atoms. The number of aromatic nitrogens is 4. The molecule has 0 fully saturated rings. The summed E-state index contributed by atoms with van der Waals surface area (Å²) >= 11 is 0. The second-order valence-corrected chi connectivity index (χ2v) is 7.73. The summed E-state index contributed by atoms with van der Waals surface area (Å²) in [5, 5.41) is 19.3. The summed E-state index contributed by atoms with van der Waals surface area (Å²) in [7, 11) is 0. The molecule has 0 saturated carbocycles. The number of rotatable bonds is 6. The van der Waals surface area contributed by atoms with E-state index in [2.05, 4.69) is 66.2 Å². The molecule has 0 unspecified atom stereocenters. The molecule has 0 aliphatic heterocycles. The van der Waals surface area contributed by atoms with E-state index in [0.717, 1.165) is 5.69 Å². The fourth-order valence-corrected chi connectivity index (χ4v) is 2.15. The highest BCUT2D eigenvalue weighted by Gasteiger charge is 2.19. The Morgan fingerprint density at radius 2 is 1.88 bits per heavy atom. The van der Waals surface area contributed by atoms with Crippen LogP contribution in [0.25, 0.3) is 5.70 Å². The van der Waals surface area contributed by atoms with Gasteiger partial charge in [-0.15, -0.1) is 0 Å². The molecule has 0 aliphatic carbocycles. The van der Waals surface area contributed by atoms with Crippen LogP contribution in [-0.2, 0) is 0 Å².